The van der Waals surface area contributed by atoms with E-state index in [2.05, 4.69) is 0 Å². The van der Waals surface area contributed by atoms with Gasteiger partial charge in [0.1, 0.15) is 0 Å². The monoisotopic (exact) mass is 182 g/mol. The topological polar surface area (TPSA) is 110 Å². The summed E-state index contributed by atoms with van der Waals surface area (Å²) in [6.07, 6.45) is 0. The molecule has 0 aliphatic carbocycles. The molecule has 0 aliphatic heterocycles. The summed E-state index contributed by atoms with van der Waals surface area (Å²) >= 11 is 0. The molecule has 0 saturated heterocycles. The van der Waals surface area contributed by atoms with Crippen LogP contribution in [0.1, 0.15) is 0 Å². The first-order valence-corrected chi connectivity index (χ1v) is 3.42. The zero-order valence-corrected chi connectivity index (χ0v) is 6.54. The molecular weight excluding hydrogens is 175 g/mol. The fraction of sp³-hybridized carbons (Fsp3) is 0. The number of rotatable bonds is 2. The highest BCUT2D eigenvalue weighted by Gasteiger charge is 2.17. The van der Waals surface area contributed by atoms with Crippen molar-refractivity contribution in [2.45, 2.75) is 0 Å². The molecule has 13 heavy (non-hydrogen) atoms. The Bertz CT molecular complexity index is 341. The number of nitrogen functional groups attached to an aromatic ring is 1. The Morgan fingerprint density at radius 2 is 2.08 bits per heavy atom. The number of nitrogens with zero attached hydrogens (tertiary/aromatic N) is 1. The second-order valence-corrected chi connectivity index (χ2v) is 2.44. The van der Waals surface area contributed by atoms with Crippen LogP contribution in [-0.4, -0.2) is 22.1 Å². The Kier molecular flexibility index (Phi) is 2.50. The zero-order chi connectivity index (χ0) is 10.0. The average Bonchev–Trinajstić information content (AvgIpc) is 2.03. The molecule has 0 spiro atoms. The van der Waals surface area contributed by atoms with Crippen molar-refractivity contribution in [1.82, 2.24) is 0 Å². The third kappa shape index (κ3) is 1.95. The second kappa shape index (κ2) is 3.42. The van der Waals surface area contributed by atoms with E-state index in [-0.39, 0.29) is 16.8 Å². The number of nitro groups is 1. The molecule has 0 radical (unpaired) electrons. The SMILES string of the molecule is Nc1cc([N+](=O)[O-])ccc1B(O)O. The van der Waals surface area contributed by atoms with Crippen molar-refractivity contribution in [3.05, 3.63) is 28.3 Å². The summed E-state index contributed by atoms with van der Waals surface area (Å²) in [5.41, 5.74) is 5.21. The lowest BCUT2D eigenvalue weighted by atomic mass is 9.79. The molecule has 7 heteroatoms. The highest BCUT2D eigenvalue weighted by atomic mass is 16.6. The van der Waals surface area contributed by atoms with Crippen LogP contribution in [0.4, 0.5) is 11.4 Å². The van der Waals surface area contributed by atoms with Gasteiger partial charge in [0, 0.05) is 23.3 Å². The minimum atomic E-state index is -1.71. The summed E-state index contributed by atoms with van der Waals surface area (Å²) in [7, 11) is -1.71. The Balaban J connectivity index is 3.13. The molecule has 0 fully saturated rings. The van der Waals surface area contributed by atoms with Crippen LogP contribution in [0.15, 0.2) is 18.2 Å². The number of hydrogen-bond acceptors (Lipinski definition) is 5. The fourth-order valence-electron chi connectivity index (χ4n) is 0.911. The second-order valence-electron chi connectivity index (χ2n) is 2.44. The third-order valence-corrected chi connectivity index (χ3v) is 1.56. The first-order valence-electron chi connectivity index (χ1n) is 3.42. The van der Waals surface area contributed by atoms with Crippen molar-refractivity contribution in [2.24, 2.45) is 0 Å². The molecule has 0 atom stereocenters. The van der Waals surface area contributed by atoms with Crippen LogP contribution in [0.25, 0.3) is 0 Å². The van der Waals surface area contributed by atoms with E-state index in [1.807, 2.05) is 0 Å². The van der Waals surface area contributed by atoms with E-state index in [9.17, 15) is 10.1 Å². The summed E-state index contributed by atoms with van der Waals surface area (Å²) in [6, 6.07) is 3.44. The predicted molar refractivity (Wildman–Crippen MR) is 47.3 cm³/mol. The summed E-state index contributed by atoms with van der Waals surface area (Å²) < 4.78 is 0. The Morgan fingerprint density at radius 3 is 2.46 bits per heavy atom. The summed E-state index contributed by atoms with van der Waals surface area (Å²) in [6.45, 7) is 0. The first-order chi connectivity index (χ1) is 6.02. The van der Waals surface area contributed by atoms with E-state index in [0.29, 0.717) is 0 Å². The minimum absolute atomic E-state index is 0.01000. The molecule has 68 valence electrons. The molecular formula is C6H7BN2O4. The largest absolute Gasteiger partial charge is 0.490 e. The molecule has 1 aromatic rings. The number of benzene rings is 1. The number of non-ortho nitro benzene ring substituents is 1. The molecule has 1 rings (SSSR count). The normalized spacial score (nSPS) is 9.69. The van der Waals surface area contributed by atoms with E-state index in [1.165, 1.54) is 6.07 Å². The van der Waals surface area contributed by atoms with Gasteiger partial charge in [-0.15, -0.1) is 0 Å². The molecule has 0 saturated carbocycles. The van der Waals surface area contributed by atoms with Crippen molar-refractivity contribution in [3.8, 4) is 0 Å². The highest BCUT2D eigenvalue weighted by Crippen LogP contribution is 2.12. The van der Waals surface area contributed by atoms with Crippen LogP contribution in [0.2, 0.25) is 0 Å². The van der Waals surface area contributed by atoms with Crippen molar-refractivity contribution >= 4 is 24.0 Å². The van der Waals surface area contributed by atoms with E-state index < -0.39 is 12.0 Å². The lowest BCUT2D eigenvalue weighted by Crippen LogP contribution is -2.32. The number of hydrogen-bond donors (Lipinski definition) is 3. The molecule has 0 bridgehead atoms. The summed E-state index contributed by atoms with van der Waals surface area (Å²) in [5, 5.41) is 27.7. The maximum absolute atomic E-state index is 10.3. The molecule has 6 nitrogen and oxygen atoms in total. The van der Waals surface area contributed by atoms with Gasteiger partial charge in [-0.05, 0) is 0 Å². The van der Waals surface area contributed by atoms with Crippen LogP contribution in [0.5, 0.6) is 0 Å². The van der Waals surface area contributed by atoms with Gasteiger partial charge in [-0.3, -0.25) is 10.1 Å². The first kappa shape index (κ1) is 9.49. The van der Waals surface area contributed by atoms with Gasteiger partial charge >= 0.3 is 7.12 Å². The quantitative estimate of drug-likeness (QED) is 0.231. The smallest absolute Gasteiger partial charge is 0.423 e. The Labute approximate surface area is 73.9 Å². The van der Waals surface area contributed by atoms with Gasteiger partial charge in [-0.25, -0.2) is 0 Å². The van der Waals surface area contributed by atoms with Gasteiger partial charge in [-0.2, -0.15) is 0 Å². The highest BCUT2D eigenvalue weighted by molar-refractivity contribution is 6.60. The molecule has 1 aromatic carbocycles. The number of nitrogens with two attached hydrogens (primary N) is 1. The maximum atomic E-state index is 10.3. The van der Waals surface area contributed by atoms with Crippen molar-refractivity contribution in [2.75, 3.05) is 5.73 Å². The van der Waals surface area contributed by atoms with Crippen LogP contribution in [0, 0.1) is 10.1 Å². The Morgan fingerprint density at radius 1 is 1.46 bits per heavy atom. The summed E-state index contributed by atoms with van der Waals surface area (Å²) in [5.74, 6) is 0. The Hall–Kier alpha value is -1.60. The third-order valence-electron chi connectivity index (χ3n) is 1.56. The molecule has 0 aromatic heterocycles. The van der Waals surface area contributed by atoms with Crippen LogP contribution >= 0.6 is 0 Å². The van der Waals surface area contributed by atoms with E-state index in [0.717, 1.165) is 12.1 Å². The van der Waals surface area contributed by atoms with Crippen molar-refractivity contribution < 1.29 is 15.0 Å². The maximum Gasteiger partial charge on any atom is 0.490 e. The minimum Gasteiger partial charge on any atom is -0.423 e. The molecule has 0 heterocycles. The van der Waals surface area contributed by atoms with Gasteiger partial charge < -0.3 is 15.8 Å². The molecule has 0 unspecified atom stereocenters. The lowest BCUT2D eigenvalue weighted by molar-refractivity contribution is -0.384. The standard InChI is InChI=1S/C6H7BN2O4/c8-6-3-4(9(12)13)1-2-5(6)7(10)11/h1-3,10-11H,8H2. The number of nitro benzene ring substituents is 1. The van der Waals surface area contributed by atoms with E-state index in [1.54, 1.807) is 0 Å². The van der Waals surface area contributed by atoms with Crippen molar-refractivity contribution in [3.63, 3.8) is 0 Å². The van der Waals surface area contributed by atoms with Gasteiger partial charge in [0.15, 0.2) is 0 Å². The van der Waals surface area contributed by atoms with Gasteiger partial charge in [0.2, 0.25) is 0 Å². The zero-order valence-electron chi connectivity index (χ0n) is 6.54. The molecule has 0 amide bonds. The van der Waals surface area contributed by atoms with E-state index in [4.69, 9.17) is 15.8 Å². The lowest BCUT2D eigenvalue weighted by Gasteiger charge is -2.02. The van der Waals surface area contributed by atoms with Crippen molar-refractivity contribution in [1.29, 1.82) is 0 Å². The van der Waals surface area contributed by atoms with E-state index >= 15 is 0 Å². The average molecular weight is 182 g/mol. The fourth-order valence-corrected chi connectivity index (χ4v) is 0.911. The van der Waals surface area contributed by atoms with Gasteiger partial charge in [0.05, 0.1) is 4.92 Å². The van der Waals surface area contributed by atoms with Gasteiger partial charge in [-0.1, -0.05) is 6.07 Å². The molecule has 0 aliphatic rings. The van der Waals surface area contributed by atoms with Crippen LogP contribution < -0.4 is 11.2 Å². The number of anilines is 1. The predicted octanol–water partition coefficient (Wildman–Crippen LogP) is -1.14. The van der Waals surface area contributed by atoms with Crippen LogP contribution in [0.3, 0.4) is 0 Å². The molecule has 4 N–H and O–H groups in total. The summed E-state index contributed by atoms with van der Waals surface area (Å²) in [4.78, 5) is 9.65. The van der Waals surface area contributed by atoms with Crippen LogP contribution in [-0.2, 0) is 0 Å². The van der Waals surface area contributed by atoms with Gasteiger partial charge in [0.25, 0.3) is 5.69 Å².